The third kappa shape index (κ3) is 3.55. The van der Waals surface area contributed by atoms with Crippen LogP contribution in [0.4, 0.5) is 0 Å². The number of piperidine rings is 1. The van der Waals surface area contributed by atoms with Gasteiger partial charge >= 0.3 is 0 Å². The standard InChI is InChI=1S/C16H28N2O2S/c1-12(2)11-14(19)18-9-10-21-16(18)5-7-17(8-6-16)15(20)13(3)4/h12-13H,5-11H2,1-4H3. The summed E-state index contributed by atoms with van der Waals surface area (Å²) in [6.45, 7) is 10.5. The summed E-state index contributed by atoms with van der Waals surface area (Å²) in [4.78, 5) is 28.6. The van der Waals surface area contributed by atoms with Crippen LogP contribution < -0.4 is 0 Å². The molecule has 2 heterocycles. The maximum Gasteiger partial charge on any atom is 0.225 e. The molecule has 2 aliphatic heterocycles. The number of thioether (sulfide) groups is 1. The molecule has 0 unspecified atom stereocenters. The normalized spacial score (nSPS) is 21.6. The van der Waals surface area contributed by atoms with Gasteiger partial charge < -0.3 is 9.80 Å². The molecular formula is C16H28N2O2S. The van der Waals surface area contributed by atoms with Gasteiger partial charge in [-0.3, -0.25) is 9.59 Å². The van der Waals surface area contributed by atoms with E-state index in [9.17, 15) is 9.59 Å². The fourth-order valence-corrected chi connectivity index (χ4v) is 4.75. The van der Waals surface area contributed by atoms with Crippen LogP contribution in [0.1, 0.15) is 47.0 Å². The monoisotopic (exact) mass is 312 g/mol. The molecule has 0 aromatic heterocycles. The van der Waals surface area contributed by atoms with Crippen molar-refractivity contribution in [1.29, 1.82) is 0 Å². The lowest BCUT2D eigenvalue weighted by atomic mass is 9.99. The zero-order chi connectivity index (χ0) is 15.6. The predicted molar refractivity (Wildman–Crippen MR) is 87.0 cm³/mol. The maximum atomic E-state index is 12.5. The van der Waals surface area contributed by atoms with Gasteiger partial charge in [-0.2, -0.15) is 0 Å². The van der Waals surface area contributed by atoms with Gasteiger partial charge in [0.1, 0.15) is 0 Å². The summed E-state index contributed by atoms with van der Waals surface area (Å²) >= 11 is 1.92. The third-order valence-corrected chi connectivity index (χ3v) is 5.96. The number of carbonyl (C=O) groups excluding carboxylic acids is 2. The third-order valence-electron chi connectivity index (χ3n) is 4.41. The first-order valence-electron chi connectivity index (χ1n) is 8.09. The van der Waals surface area contributed by atoms with Gasteiger partial charge in [-0.05, 0) is 18.8 Å². The average Bonchev–Trinajstić information content (AvgIpc) is 2.81. The van der Waals surface area contributed by atoms with Crippen molar-refractivity contribution >= 4 is 23.6 Å². The van der Waals surface area contributed by atoms with Gasteiger partial charge in [-0.15, -0.1) is 11.8 Å². The second-order valence-electron chi connectivity index (χ2n) is 6.92. The highest BCUT2D eigenvalue weighted by atomic mass is 32.2. The highest BCUT2D eigenvalue weighted by Gasteiger charge is 2.46. The summed E-state index contributed by atoms with van der Waals surface area (Å²) in [5.74, 6) is 2.03. The van der Waals surface area contributed by atoms with Crippen LogP contribution in [0.5, 0.6) is 0 Å². The van der Waals surface area contributed by atoms with E-state index in [0.29, 0.717) is 18.2 Å². The van der Waals surface area contributed by atoms with E-state index < -0.39 is 0 Å². The number of likely N-dealkylation sites (tertiary alicyclic amines) is 1. The van der Waals surface area contributed by atoms with Crippen LogP contribution in [-0.2, 0) is 9.59 Å². The Morgan fingerprint density at radius 1 is 1.10 bits per heavy atom. The molecule has 2 amide bonds. The van der Waals surface area contributed by atoms with Crippen molar-refractivity contribution in [3.63, 3.8) is 0 Å². The molecule has 0 atom stereocenters. The van der Waals surface area contributed by atoms with Gasteiger partial charge in [0.2, 0.25) is 11.8 Å². The zero-order valence-electron chi connectivity index (χ0n) is 13.7. The number of hydrogen-bond donors (Lipinski definition) is 0. The second kappa shape index (κ2) is 6.59. The summed E-state index contributed by atoms with van der Waals surface area (Å²) in [5.41, 5.74) is 0. The molecule has 2 rings (SSSR count). The van der Waals surface area contributed by atoms with Gasteiger partial charge in [-0.1, -0.05) is 27.7 Å². The summed E-state index contributed by atoms with van der Waals surface area (Å²) in [5, 5.41) is 0. The molecular weight excluding hydrogens is 284 g/mol. The highest BCUT2D eigenvalue weighted by molar-refractivity contribution is 8.00. The summed E-state index contributed by atoms with van der Waals surface area (Å²) in [6, 6.07) is 0. The van der Waals surface area contributed by atoms with Crippen LogP contribution in [0.15, 0.2) is 0 Å². The number of hydrogen-bond acceptors (Lipinski definition) is 3. The van der Waals surface area contributed by atoms with E-state index in [-0.39, 0.29) is 16.7 Å². The molecule has 2 aliphatic rings. The first kappa shape index (κ1) is 16.7. The Hall–Kier alpha value is -0.710. The molecule has 0 aromatic carbocycles. The fraction of sp³-hybridized carbons (Fsp3) is 0.875. The molecule has 0 bridgehead atoms. The molecule has 2 fully saturated rings. The van der Waals surface area contributed by atoms with E-state index in [2.05, 4.69) is 18.7 Å². The van der Waals surface area contributed by atoms with Crippen molar-refractivity contribution < 1.29 is 9.59 Å². The Labute approximate surface area is 132 Å². The Bertz CT molecular complexity index is 401. The van der Waals surface area contributed by atoms with Crippen molar-refractivity contribution in [3.8, 4) is 0 Å². The molecule has 1 spiro atoms. The van der Waals surface area contributed by atoms with Crippen LogP contribution >= 0.6 is 11.8 Å². The Morgan fingerprint density at radius 3 is 2.24 bits per heavy atom. The second-order valence-corrected chi connectivity index (χ2v) is 8.37. The lowest BCUT2D eigenvalue weighted by Gasteiger charge is -2.44. The van der Waals surface area contributed by atoms with Gasteiger partial charge in [0, 0.05) is 37.7 Å². The van der Waals surface area contributed by atoms with Gasteiger partial charge in [0.15, 0.2) is 0 Å². The highest BCUT2D eigenvalue weighted by Crippen LogP contribution is 2.44. The summed E-state index contributed by atoms with van der Waals surface area (Å²) in [6.07, 6.45) is 2.47. The molecule has 2 saturated heterocycles. The van der Waals surface area contributed by atoms with Crippen molar-refractivity contribution in [2.75, 3.05) is 25.4 Å². The van der Waals surface area contributed by atoms with Crippen LogP contribution in [0.2, 0.25) is 0 Å². The van der Waals surface area contributed by atoms with Crippen molar-refractivity contribution in [2.24, 2.45) is 11.8 Å². The molecule has 4 nitrogen and oxygen atoms in total. The number of amides is 2. The smallest absolute Gasteiger partial charge is 0.225 e. The topological polar surface area (TPSA) is 40.6 Å². The molecule has 0 saturated carbocycles. The zero-order valence-corrected chi connectivity index (χ0v) is 14.5. The number of carbonyl (C=O) groups is 2. The van der Waals surface area contributed by atoms with E-state index in [1.54, 1.807) is 0 Å². The quantitative estimate of drug-likeness (QED) is 0.804. The summed E-state index contributed by atoms with van der Waals surface area (Å²) in [7, 11) is 0. The average molecular weight is 312 g/mol. The lowest BCUT2D eigenvalue weighted by Crippen LogP contribution is -2.54. The van der Waals surface area contributed by atoms with Crippen LogP contribution in [-0.4, -0.2) is 51.9 Å². The summed E-state index contributed by atoms with van der Waals surface area (Å²) < 4.78 is 0. The Kier molecular flexibility index (Phi) is 5.23. The van der Waals surface area contributed by atoms with E-state index >= 15 is 0 Å². The van der Waals surface area contributed by atoms with E-state index in [1.807, 2.05) is 30.5 Å². The minimum atomic E-state index is -0.0419. The maximum absolute atomic E-state index is 12.5. The molecule has 21 heavy (non-hydrogen) atoms. The SMILES string of the molecule is CC(C)CC(=O)N1CCSC12CCN(C(=O)C(C)C)CC2. The molecule has 0 aromatic rings. The van der Waals surface area contributed by atoms with E-state index in [1.165, 1.54) is 0 Å². The minimum Gasteiger partial charge on any atom is -0.342 e. The van der Waals surface area contributed by atoms with Gasteiger partial charge in [-0.25, -0.2) is 0 Å². The van der Waals surface area contributed by atoms with Gasteiger partial charge in [0.05, 0.1) is 4.87 Å². The lowest BCUT2D eigenvalue weighted by molar-refractivity contribution is -0.139. The molecule has 0 radical (unpaired) electrons. The van der Waals surface area contributed by atoms with Gasteiger partial charge in [0.25, 0.3) is 0 Å². The van der Waals surface area contributed by atoms with E-state index in [4.69, 9.17) is 0 Å². The van der Waals surface area contributed by atoms with Crippen molar-refractivity contribution in [2.45, 2.75) is 51.8 Å². The number of rotatable bonds is 3. The van der Waals surface area contributed by atoms with Crippen LogP contribution in [0.25, 0.3) is 0 Å². The van der Waals surface area contributed by atoms with Crippen molar-refractivity contribution in [3.05, 3.63) is 0 Å². The molecule has 5 heteroatoms. The van der Waals surface area contributed by atoms with Crippen LogP contribution in [0.3, 0.4) is 0 Å². The minimum absolute atomic E-state index is 0.0419. The first-order valence-corrected chi connectivity index (χ1v) is 9.07. The predicted octanol–water partition coefficient (Wildman–Crippen LogP) is 2.58. The fourth-order valence-electron chi connectivity index (χ4n) is 3.28. The Morgan fingerprint density at radius 2 is 1.71 bits per heavy atom. The number of nitrogens with zero attached hydrogens (tertiary/aromatic N) is 2. The largest absolute Gasteiger partial charge is 0.342 e. The van der Waals surface area contributed by atoms with Crippen LogP contribution in [0, 0.1) is 11.8 Å². The van der Waals surface area contributed by atoms with Crippen molar-refractivity contribution in [1.82, 2.24) is 9.80 Å². The molecule has 0 aliphatic carbocycles. The first-order chi connectivity index (χ1) is 9.85. The molecule has 120 valence electrons. The Balaban J connectivity index is 2.00. The van der Waals surface area contributed by atoms with E-state index in [0.717, 1.165) is 38.2 Å². The molecule has 0 N–H and O–H groups in total.